The van der Waals surface area contributed by atoms with Crippen LogP contribution in [-0.2, 0) is 0 Å². The smallest absolute Gasteiger partial charge is 0.141 e. The van der Waals surface area contributed by atoms with Gasteiger partial charge in [-0.25, -0.2) is 0 Å². The molecule has 0 fully saturated rings. The van der Waals surface area contributed by atoms with Crippen molar-refractivity contribution in [1.29, 1.82) is 5.41 Å². The molecule has 0 radical (unpaired) electrons. The molecule has 0 aliphatic heterocycles. The minimum atomic E-state index is 0.0162. The van der Waals surface area contributed by atoms with Crippen molar-refractivity contribution in [1.82, 2.24) is 0 Å². The normalized spacial score (nSPS) is 10.6. The predicted octanol–water partition coefficient (Wildman–Crippen LogP) is 4.19. The Morgan fingerprint density at radius 2 is 1.75 bits per heavy atom. The molecule has 2 aromatic rings. The van der Waals surface area contributed by atoms with E-state index in [1.807, 2.05) is 31.2 Å². The minimum absolute atomic E-state index is 0.0162. The largest absolute Gasteiger partial charge is 0.456 e. The highest BCUT2D eigenvalue weighted by Gasteiger charge is 2.10. The van der Waals surface area contributed by atoms with Crippen molar-refractivity contribution in [3.05, 3.63) is 59.2 Å². The molecule has 3 heteroatoms. The second kappa shape index (κ2) is 5.78. The summed E-state index contributed by atoms with van der Waals surface area (Å²) >= 11 is 0. The number of aryl methyl sites for hydroxylation is 1. The molecule has 0 aromatic heterocycles. The van der Waals surface area contributed by atoms with Crippen LogP contribution in [0.15, 0.2) is 42.5 Å². The molecule has 2 aromatic carbocycles. The van der Waals surface area contributed by atoms with E-state index in [0.29, 0.717) is 17.2 Å². The molecule has 0 aliphatic carbocycles. The van der Waals surface area contributed by atoms with Crippen molar-refractivity contribution >= 4 is 5.84 Å². The first-order valence-electron chi connectivity index (χ1n) is 6.71. The van der Waals surface area contributed by atoms with Gasteiger partial charge in [0.25, 0.3) is 0 Å². The topological polar surface area (TPSA) is 59.1 Å². The van der Waals surface area contributed by atoms with Crippen LogP contribution in [0, 0.1) is 12.3 Å². The Morgan fingerprint density at radius 1 is 1.10 bits per heavy atom. The Balaban J connectivity index is 2.32. The Hall–Kier alpha value is -2.29. The molecule has 0 saturated carbocycles. The molecule has 0 spiro atoms. The van der Waals surface area contributed by atoms with Crippen molar-refractivity contribution < 1.29 is 4.74 Å². The Labute approximate surface area is 119 Å². The fourth-order valence-electron chi connectivity index (χ4n) is 2.04. The van der Waals surface area contributed by atoms with E-state index in [9.17, 15) is 0 Å². The van der Waals surface area contributed by atoms with E-state index < -0.39 is 0 Å². The summed E-state index contributed by atoms with van der Waals surface area (Å²) in [6, 6.07) is 13.6. The summed E-state index contributed by atoms with van der Waals surface area (Å²) in [6.07, 6.45) is 0. The summed E-state index contributed by atoms with van der Waals surface area (Å²) in [5.74, 6) is 1.92. The lowest BCUT2D eigenvalue weighted by atomic mass is 10.0. The Morgan fingerprint density at radius 3 is 2.30 bits per heavy atom. The quantitative estimate of drug-likeness (QED) is 0.645. The van der Waals surface area contributed by atoms with Gasteiger partial charge < -0.3 is 10.5 Å². The van der Waals surface area contributed by atoms with E-state index in [2.05, 4.69) is 26.0 Å². The van der Waals surface area contributed by atoms with Crippen LogP contribution in [0.2, 0.25) is 0 Å². The number of nitrogens with one attached hydrogen (secondary N) is 1. The lowest BCUT2D eigenvalue weighted by Gasteiger charge is -2.14. The predicted molar refractivity (Wildman–Crippen MR) is 82.8 cm³/mol. The summed E-state index contributed by atoms with van der Waals surface area (Å²) in [6.45, 7) is 6.26. The van der Waals surface area contributed by atoms with Gasteiger partial charge in [0.1, 0.15) is 17.3 Å². The van der Waals surface area contributed by atoms with Gasteiger partial charge >= 0.3 is 0 Å². The zero-order valence-corrected chi connectivity index (χ0v) is 12.1. The monoisotopic (exact) mass is 268 g/mol. The van der Waals surface area contributed by atoms with Crippen LogP contribution >= 0.6 is 0 Å². The summed E-state index contributed by atoms with van der Waals surface area (Å²) in [7, 11) is 0. The fraction of sp³-hybridized carbons (Fsp3) is 0.235. The number of amidine groups is 1. The standard InChI is InChI=1S/C17H20N2O/c1-11(2)13-7-9-14(10-8-13)20-16-12(3)5-4-6-15(16)17(18)19/h4-11H,1-3H3,(H3,18,19). The second-order valence-electron chi connectivity index (χ2n) is 5.19. The van der Waals surface area contributed by atoms with Gasteiger partial charge in [-0.3, -0.25) is 5.41 Å². The number of nitrogens with two attached hydrogens (primary N) is 1. The fourth-order valence-corrected chi connectivity index (χ4v) is 2.04. The van der Waals surface area contributed by atoms with Crippen LogP contribution in [0.1, 0.15) is 36.5 Å². The molecule has 0 saturated heterocycles. The van der Waals surface area contributed by atoms with Crippen LogP contribution in [0.3, 0.4) is 0 Å². The van der Waals surface area contributed by atoms with Gasteiger partial charge in [-0.05, 0) is 42.2 Å². The van der Waals surface area contributed by atoms with Crippen molar-refractivity contribution in [2.75, 3.05) is 0 Å². The summed E-state index contributed by atoms with van der Waals surface area (Å²) in [5, 5.41) is 7.63. The number of para-hydroxylation sites is 1. The number of hydrogen-bond donors (Lipinski definition) is 2. The first-order chi connectivity index (χ1) is 9.49. The van der Waals surface area contributed by atoms with E-state index in [4.69, 9.17) is 15.9 Å². The number of nitrogen functional groups attached to an aromatic ring is 1. The molecule has 3 N–H and O–H groups in total. The zero-order chi connectivity index (χ0) is 14.7. The van der Waals surface area contributed by atoms with Crippen LogP contribution in [-0.4, -0.2) is 5.84 Å². The number of hydrogen-bond acceptors (Lipinski definition) is 2. The van der Waals surface area contributed by atoms with E-state index in [1.165, 1.54) is 5.56 Å². The molecule has 3 nitrogen and oxygen atoms in total. The molecule has 0 atom stereocenters. The number of rotatable bonds is 4. The van der Waals surface area contributed by atoms with Crippen molar-refractivity contribution in [3.8, 4) is 11.5 Å². The van der Waals surface area contributed by atoms with Crippen LogP contribution < -0.4 is 10.5 Å². The highest BCUT2D eigenvalue weighted by Crippen LogP contribution is 2.29. The maximum Gasteiger partial charge on any atom is 0.141 e. The van der Waals surface area contributed by atoms with Gasteiger partial charge in [-0.2, -0.15) is 0 Å². The summed E-state index contributed by atoms with van der Waals surface area (Å²) < 4.78 is 5.92. The lowest BCUT2D eigenvalue weighted by Crippen LogP contribution is -2.12. The third kappa shape index (κ3) is 2.99. The molecule has 104 valence electrons. The second-order valence-corrected chi connectivity index (χ2v) is 5.19. The molecule has 0 heterocycles. The van der Waals surface area contributed by atoms with Crippen LogP contribution in [0.4, 0.5) is 0 Å². The van der Waals surface area contributed by atoms with Gasteiger partial charge in [0, 0.05) is 0 Å². The Bertz CT molecular complexity index is 615. The third-order valence-electron chi connectivity index (χ3n) is 3.27. The maximum atomic E-state index is 7.63. The zero-order valence-electron chi connectivity index (χ0n) is 12.1. The van der Waals surface area contributed by atoms with Gasteiger partial charge in [-0.1, -0.05) is 38.1 Å². The molecule has 0 bridgehead atoms. The average molecular weight is 268 g/mol. The van der Waals surface area contributed by atoms with E-state index in [1.54, 1.807) is 6.07 Å². The lowest BCUT2D eigenvalue weighted by molar-refractivity contribution is 0.477. The van der Waals surface area contributed by atoms with E-state index >= 15 is 0 Å². The summed E-state index contributed by atoms with van der Waals surface area (Å²) in [5.41, 5.74) is 8.46. The third-order valence-corrected chi connectivity index (χ3v) is 3.27. The van der Waals surface area contributed by atoms with Gasteiger partial charge in [0.15, 0.2) is 0 Å². The molecule has 0 unspecified atom stereocenters. The highest BCUT2D eigenvalue weighted by atomic mass is 16.5. The van der Waals surface area contributed by atoms with Crippen LogP contribution in [0.5, 0.6) is 11.5 Å². The summed E-state index contributed by atoms with van der Waals surface area (Å²) in [4.78, 5) is 0. The molecular formula is C17H20N2O. The first kappa shape index (κ1) is 14.1. The molecule has 0 amide bonds. The van der Waals surface area contributed by atoms with Crippen molar-refractivity contribution in [2.45, 2.75) is 26.7 Å². The highest BCUT2D eigenvalue weighted by molar-refractivity contribution is 5.98. The molecule has 20 heavy (non-hydrogen) atoms. The van der Waals surface area contributed by atoms with Crippen LogP contribution in [0.25, 0.3) is 0 Å². The molecule has 2 rings (SSSR count). The molecular weight excluding hydrogens is 248 g/mol. The minimum Gasteiger partial charge on any atom is -0.456 e. The Kier molecular flexibility index (Phi) is 4.08. The molecule has 0 aliphatic rings. The van der Waals surface area contributed by atoms with E-state index in [0.717, 1.165) is 11.3 Å². The number of benzene rings is 2. The van der Waals surface area contributed by atoms with Crippen molar-refractivity contribution in [2.24, 2.45) is 5.73 Å². The average Bonchev–Trinajstić information content (AvgIpc) is 2.41. The van der Waals surface area contributed by atoms with Gasteiger partial charge in [-0.15, -0.1) is 0 Å². The SMILES string of the molecule is Cc1cccc(C(=N)N)c1Oc1ccc(C(C)C)cc1. The van der Waals surface area contributed by atoms with Gasteiger partial charge in [0.05, 0.1) is 5.56 Å². The first-order valence-corrected chi connectivity index (χ1v) is 6.71. The maximum absolute atomic E-state index is 7.63. The number of ether oxygens (including phenoxy) is 1. The van der Waals surface area contributed by atoms with Crippen molar-refractivity contribution in [3.63, 3.8) is 0 Å². The van der Waals surface area contributed by atoms with Gasteiger partial charge in [0.2, 0.25) is 0 Å². The van der Waals surface area contributed by atoms with E-state index in [-0.39, 0.29) is 5.84 Å².